The van der Waals surface area contributed by atoms with Gasteiger partial charge in [-0.15, -0.1) is 0 Å². The minimum absolute atomic E-state index is 0.112. The average molecular weight is 363 g/mol. The Balaban J connectivity index is 2.04. The van der Waals surface area contributed by atoms with Crippen LogP contribution in [0.15, 0.2) is 23.1 Å². The Kier molecular flexibility index (Phi) is 6.23. The fourth-order valence-electron chi connectivity index (χ4n) is 2.23. The van der Waals surface area contributed by atoms with Gasteiger partial charge in [-0.25, -0.2) is 8.42 Å². The number of benzene rings is 1. The third kappa shape index (κ3) is 4.57. The third-order valence-electron chi connectivity index (χ3n) is 3.40. The number of rotatable bonds is 7. The van der Waals surface area contributed by atoms with Crippen molar-refractivity contribution in [1.29, 1.82) is 0 Å². The summed E-state index contributed by atoms with van der Waals surface area (Å²) in [5, 5.41) is 11.2. The lowest BCUT2D eigenvalue weighted by Gasteiger charge is -2.16. The molecule has 23 heavy (non-hydrogen) atoms. The zero-order chi connectivity index (χ0) is 16.9. The molecule has 1 aliphatic heterocycles. The Morgan fingerprint density at radius 2 is 2.04 bits per heavy atom. The molecule has 1 heterocycles. The van der Waals surface area contributed by atoms with Crippen LogP contribution in [0.3, 0.4) is 0 Å². The molecule has 1 fully saturated rings. The quantitative estimate of drug-likeness (QED) is 0.741. The molecule has 1 amide bonds. The highest BCUT2D eigenvalue weighted by Gasteiger charge is 2.27. The SMILES string of the molecule is O=C(COc1ccc(S(=O)(=O)N2CCCC2)cc1Cl)NCCO. The average Bonchev–Trinajstić information content (AvgIpc) is 3.06. The highest BCUT2D eigenvalue weighted by Crippen LogP contribution is 2.29. The first kappa shape index (κ1) is 18.0. The lowest BCUT2D eigenvalue weighted by Crippen LogP contribution is -2.31. The number of nitrogens with zero attached hydrogens (tertiary/aromatic N) is 1. The number of carbonyl (C=O) groups is 1. The van der Waals surface area contributed by atoms with E-state index in [-0.39, 0.29) is 35.4 Å². The van der Waals surface area contributed by atoms with Gasteiger partial charge < -0.3 is 15.2 Å². The monoisotopic (exact) mass is 362 g/mol. The van der Waals surface area contributed by atoms with Crippen LogP contribution in [0, 0.1) is 0 Å². The number of hydrogen-bond donors (Lipinski definition) is 2. The van der Waals surface area contributed by atoms with Crippen molar-refractivity contribution in [2.75, 3.05) is 32.8 Å². The summed E-state index contributed by atoms with van der Waals surface area (Å²) >= 11 is 6.05. The van der Waals surface area contributed by atoms with E-state index in [1.807, 2.05) is 0 Å². The van der Waals surface area contributed by atoms with Crippen molar-refractivity contribution >= 4 is 27.5 Å². The Morgan fingerprint density at radius 3 is 2.65 bits per heavy atom. The number of aliphatic hydroxyl groups is 1. The van der Waals surface area contributed by atoms with Gasteiger partial charge >= 0.3 is 0 Å². The first-order valence-corrected chi connectivity index (χ1v) is 9.07. The molecule has 1 aromatic carbocycles. The van der Waals surface area contributed by atoms with E-state index in [0.29, 0.717) is 13.1 Å². The van der Waals surface area contributed by atoms with E-state index in [4.69, 9.17) is 21.4 Å². The van der Waals surface area contributed by atoms with Gasteiger partial charge in [0.15, 0.2) is 6.61 Å². The summed E-state index contributed by atoms with van der Waals surface area (Å²) in [5.41, 5.74) is 0. The molecule has 9 heteroatoms. The van der Waals surface area contributed by atoms with Gasteiger partial charge in [-0.1, -0.05) is 11.6 Å². The van der Waals surface area contributed by atoms with Gasteiger partial charge in [0.25, 0.3) is 5.91 Å². The molecule has 128 valence electrons. The molecular formula is C14H19ClN2O5S. The van der Waals surface area contributed by atoms with E-state index in [2.05, 4.69) is 5.32 Å². The fourth-order valence-corrected chi connectivity index (χ4v) is 4.07. The fraction of sp³-hybridized carbons (Fsp3) is 0.500. The van der Waals surface area contributed by atoms with Gasteiger partial charge in [0, 0.05) is 19.6 Å². The van der Waals surface area contributed by atoms with Gasteiger partial charge in [-0.05, 0) is 31.0 Å². The van der Waals surface area contributed by atoms with Gasteiger partial charge in [0.1, 0.15) is 5.75 Å². The predicted molar refractivity (Wildman–Crippen MR) is 85.0 cm³/mol. The number of aliphatic hydroxyl groups excluding tert-OH is 1. The Labute approximate surface area is 140 Å². The van der Waals surface area contributed by atoms with Gasteiger partial charge in [0.05, 0.1) is 16.5 Å². The second-order valence-electron chi connectivity index (χ2n) is 5.07. The van der Waals surface area contributed by atoms with Gasteiger partial charge in [-0.3, -0.25) is 4.79 Å². The van der Waals surface area contributed by atoms with Gasteiger partial charge in [-0.2, -0.15) is 4.31 Å². The highest BCUT2D eigenvalue weighted by atomic mass is 35.5. The van der Waals surface area contributed by atoms with E-state index >= 15 is 0 Å². The van der Waals surface area contributed by atoms with Crippen molar-refractivity contribution < 1.29 is 23.1 Å². The van der Waals surface area contributed by atoms with E-state index in [1.54, 1.807) is 0 Å². The van der Waals surface area contributed by atoms with Crippen molar-refractivity contribution in [3.05, 3.63) is 23.2 Å². The minimum atomic E-state index is -3.53. The largest absolute Gasteiger partial charge is 0.482 e. The third-order valence-corrected chi connectivity index (χ3v) is 5.59. The number of hydrogen-bond acceptors (Lipinski definition) is 5. The normalized spacial score (nSPS) is 15.6. The summed E-state index contributed by atoms with van der Waals surface area (Å²) in [7, 11) is -3.53. The van der Waals surface area contributed by atoms with Crippen molar-refractivity contribution in [3.63, 3.8) is 0 Å². The second-order valence-corrected chi connectivity index (χ2v) is 7.41. The maximum atomic E-state index is 12.4. The molecule has 0 unspecified atom stereocenters. The highest BCUT2D eigenvalue weighted by molar-refractivity contribution is 7.89. The first-order valence-electron chi connectivity index (χ1n) is 7.25. The molecule has 0 saturated carbocycles. The molecule has 0 atom stereocenters. The van der Waals surface area contributed by atoms with E-state index in [0.717, 1.165) is 12.8 Å². The number of halogens is 1. The molecule has 1 saturated heterocycles. The minimum Gasteiger partial charge on any atom is -0.482 e. The summed E-state index contributed by atoms with van der Waals surface area (Å²) in [4.78, 5) is 11.5. The molecule has 0 aromatic heterocycles. The van der Waals surface area contributed by atoms with E-state index in [9.17, 15) is 13.2 Å². The number of nitrogens with one attached hydrogen (secondary N) is 1. The molecule has 7 nitrogen and oxygen atoms in total. The van der Waals surface area contributed by atoms with Crippen LogP contribution in [-0.2, 0) is 14.8 Å². The topological polar surface area (TPSA) is 95.9 Å². The van der Waals surface area contributed by atoms with Crippen LogP contribution >= 0.6 is 11.6 Å². The maximum Gasteiger partial charge on any atom is 0.258 e. The summed E-state index contributed by atoms with van der Waals surface area (Å²) in [6.07, 6.45) is 1.72. The van der Waals surface area contributed by atoms with Crippen LogP contribution in [0.4, 0.5) is 0 Å². The van der Waals surface area contributed by atoms with Crippen LogP contribution in [0.5, 0.6) is 5.75 Å². The van der Waals surface area contributed by atoms with Crippen LogP contribution in [-0.4, -0.2) is 56.6 Å². The zero-order valence-corrected chi connectivity index (χ0v) is 14.1. The van der Waals surface area contributed by atoms with Crippen LogP contribution in [0.2, 0.25) is 5.02 Å². The van der Waals surface area contributed by atoms with Crippen LogP contribution in [0.25, 0.3) is 0 Å². The second kappa shape index (κ2) is 7.96. The standard InChI is InChI=1S/C14H19ClN2O5S/c15-12-9-11(23(20,21)17-6-1-2-7-17)3-4-13(12)22-10-14(19)16-5-8-18/h3-4,9,18H,1-2,5-8,10H2,(H,16,19). The maximum absolute atomic E-state index is 12.4. The smallest absolute Gasteiger partial charge is 0.258 e. The number of sulfonamides is 1. The number of amides is 1. The lowest BCUT2D eigenvalue weighted by molar-refractivity contribution is -0.123. The van der Waals surface area contributed by atoms with Crippen molar-refractivity contribution in [1.82, 2.24) is 9.62 Å². The van der Waals surface area contributed by atoms with Crippen LogP contribution < -0.4 is 10.1 Å². The lowest BCUT2D eigenvalue weighted by atomic mass is 10.3. The molecule has 1 aliphatic rings. The zero-order valence-electron chi connectivity index (χ0n) is 12.5. The number of carbonyl (C=O) groups excluding carboxylic acids is 1. The molecule has 0 spiro atoms. The van der Waals surface area contributed by atoms with Gasteiger partial charge in [0.2, 0.25) is 10.0 Å². The van der Waals surface area contributed by atoms with E-state index in [1.165, 1.54) is 22.5 Å². The summed E-state index contributed by atoms with van der Waals surface area (Å²) in [6, 6.07) is 4.18. The van der Waals surface area contributed by atoms with E-state index < -0.39 is 15.9 Å². The molecule has 2 rings (SSSR count). The summed E-state index contributed by atoms with van der Waals surface area (Å²) in [5.74, 6) is -0.171. The summed E-state index contributed by atoms with van der Waals surface area (Å²) < 4.78 is 31.5. The molecular weight excluding hydrogens is 344 g/mol. The van der Waals surface area contributed by atoms with Crippen molar-refractivity contribution in [3.8, 4) is 5.75 Å². The molecule has 0 bridgehead atoms. The predicted octanol–water partition coefficient (Wildman–Crippen LogP) is 0.612. The molecule has 1 aromatic rings. The van der Waals surface area contributed by atoms with Crippen molar-refractivity contribution in [2.45, 2.75) is 17.7 Å². The van der Waals surface area contributed by atoms with Crippen LogP contribution in [0.1, 0.15) is 12.8 Å². The first-order chi connectivity index (χ1) is 10.9. The summed E-state index contributed by atoms with van der Waals surface area (Å²) in [6.45, 7) is 0.753. The van der Waals surface area contributed by atoms with Crippen molar-refractivity contribution in [2.24, 2.45) is 0 Å². The molecule has 2 N–H and O–H groups in total. The molecule has 0 aliphatic carbocycles. The Hall–Kier alpha value is -1.35. The Morgan fingerprint density at radius 1 is 1.35 bits per heavy atom. The number of ether oxygens (including phenoxy) is 1. The Bertz CT molecular complexity index is 659. The molecule has 0 radical (unpaired) electrons.